The van der Waals surface area contributed by atoms with E-state index in [1.54, 1.807) is 11.0 Å². The van der Waals surface area contributed by atoms with Crippen LogP contribution in [0, 0.1) is 0 Å². The molecule has 0 N–H and O–H groups in total. The number of carbonyl (C=O) groups is 1. The maximum absolute atomic E-state index is 13.2. The number of tetrazole rings is 1. The number of carbonyl (C=O) groups excluding carboxylic acids is 1. The summed E-state index contributed by atoms with van der Waals surface area (Å²) < 4.78 is 1.66. The van der Waals surface area contributed by atoms with E-state index < -0.39 is 5.54 Å². The van der Waals surface area contributed by atoms with E-state index in [4.69, 9.17) is 0 Å². The number of hydrogen-bond acceptors (Lipinski definition) is 4. The molecule has 2 heterocycles. The molecule has 1 aromatic carbocycles. The summed E-state index contributed by atoms with van der Waals surface area (Å²) in [6.07, 6.45) is 7.91. The predicted octanol–water partition coefficient (Wildman–Crippen LogP) is 1.67. The Labute approximate surface area is 140 Å². The highest BCUT2D eigenvalue weighted by atomic mass is 16.2. The third-order valence-electron chi connectivity index (χ3n) is 6.24. The minimum Gasteiger partial charge on any atom is -0.340 e. The second-order valence-electron chi connectivity index (χ2n) is 7.55. The van der Waals surface area contributed by atoms with Crippen molar-refractivity contribution < 1.29 is 4.79 Å². The lowest BCUT2D eigenvalue weighted by atomic mass is 9.69. The highest BCUT2D eigenvalue weighted by molar-refractivity contribution is 5.87. The standard InChI is InChI=1S/C18H21N5O/c24-16(18(8-9-18)23-13-19-20-21-23)22-11-10-17(12-22)7-3-5-14-4-1-2-6-15(14)17/h1-2,4,6,13H,3,5,7-12H2. The highest BCUT2D eigenvalue weighted by Gasteiger charge is 2.57. The molecule has 1 atom stereocenters. The SMILES string of the molecule is O=C(N1CCC2(CCCc3ccccc32)C1)C1(n2cnnn2)CC1. The monoisotopic (exact) mass is 323 g/mol. The maximum Gasteiger partial charge on any atom is 0.250 e. The second-order valence-corrected chi connectivity index (χ2v) is 7.55. The average molecular weight is 323 g/mol. The van der Waals surface area contributed by atoms with Gasteiger partial charge in [-0.05, 0) is 60.1 Å². The molecule has 2 aliphatic carbocycles. The molecular weight excluding hydrogens is 302 g/mol. The first kappa shape index (κ1) is 14.1. The van der Waals surface area contributed by atoms with E-state index in [0.717, 1.165) is 32.4 Å². The molecule has 1 saturated carbocycles. The van der Waals surface area contributed by atoms with Gasteiger partial charge in [-0.3, -0.25) is 4.79 Å². The molecule has 2 fully saturated rings. The van der Waals surface area contributed by atoms with Gasteiger partial charge in [-0.15, -0.1) is 5.10 Å². The summed E-state index contributed by atoms with van der Waals surface area (Å²) in [5.74, 6) is 0.203. The van der Waals surface area contributed by atoms with Gasteiger partial charge in [-0.25, -0.2) is 4.68 Å². The molecule has 1 spiro atoms. The Kier molecular flexibility index (Phi) is 2.87. The normalized spacial score (nSPS) is 27.2. The minimum atomic E-state index is -0.511. The molecule has 1 aromatic heterocycles. The Hall–Kier alpha value is -2.24. The molecule has 124 valence electrons. The summed E-state index contributed by atoms with van der Waals surface area (Å²) in [6.45, 7) is 1.68. The fraction of sp³-hybridized carbons (Fsp3) is 0.556. The largest absolute Gasteiger partial charge is 0.340 e. The Morgan fingerprint density at radius 2 is 2.00 bits per heavy atom. The van der Waals surface area contributed by atoms with Gasteiger partial charge in [0.05, 0.1) is 0 Å². The van der Waals surface area contributed by atoms with Crippen molar-refractivity contribution in [1.29, 1.82) is 0 Å². The third-order valence-corrected chi connectivity index (χ3v) is 6.24. The summed E-state index contributed by atoms with van der Waals surface area (Å²) >= 11 is 0. The lowest BCUT2D eigenvalue weighted by molar-refractivity contribution is -0.135. The first-order valence-corrected chi connectivity index (χ1v) is 8.85. The third kappa shape index (κ3) is 1.88. The molecule has 0 bridgehead atoms. The summed E-state index contributed by atoms with van der Waals surface area (Å²) in [5, 5.41) is 11.4. The van der Waals surface area contributed by atoms with Gasteiger partial charge in [-0.1, -0.05) is 24.3 Å². The van der Waals surface area contributed by atoms with Crippen LogP contribution in [0.5, 0.6) is 0 Å². The molecular formula is C18H21N5O. The molecule has 0 radical (unpaired) electrons. The van der Waals surface area contributed by atoms with E-state index in [0.29, 0.717) is 0 Å². The quantitative estimate of drug-likeness (QED) is 0.843. The number of fused-ring (bicyclic) bond motifs is 2. The molecule has 1 amide bonds. The fourth-order valence-electron chi connectivity index (χ4n) is 4.79. The van der Waals surface area contributed by atoms with Gasteiger partial charge in [0.15, 0.2) is 0 Å². The summed E-state index contributed by atoms with van der Waals surface area (Å²) in [6, 6.07) is 8.80. The molecule has 1 saturated heterocycles. The molecule has 6 nitrogen and oxygen atoms in total. The van der Waals surface area contributed by atoms with Crippen molar-refractivity contribution in [2.24, 2.45) is 0 Å². The van der Waals surface area contributed by atoms with Crippen LogP contribution >= 0.6 is 0 Å². The minimum absolute atomic E-state index is 0.154. The number of aromatic nitrogens is 4. The van der Waals surface area contributed by atoms with Gasteiger partial charge in [-0.2, -0.15) is 0 Å². The van der Waals surface area contributed by atoms with Crippen LogP contribution in [0.4, 0.5) is 0 Å². The Bertz CT molecular complexity index is 782. The summed E-state index contributed by atoms with van der Waals surface area (Å²) in [5.41, 5.74) is 2.59. The first-order chi connectivity index (χ1) is 11.7. The predicted molar refractivity (Wildman–Crippen MR) is 87.3 cm³/mol. The van der Waals surface area contributed by atoms with Gasteiger partial charge in [0.1, 0.15) is 11.9 Å². The zero-order valence-electron chi connectivity index (χ0n) is 13.7. The zero-order chi connectivity index (χ0) is 16.2. The smallest absolute Gasteiger partial charge is 0.250 e. The summed E-state index contributed by atoms with van der Waals surface area (Å²) in [4.78, 5) is 15.2. The molecule has 24 heavy (non-hydrogen) atoms. The van der Waals surface area contributed by atoms with E-state index in [2.05, 4.69) is 44.7 Å². The van der Waals surface area contributed by atoms with Crippen molar-refractivity contribution in [3.63, 3.8) is 0 Å². The van der Waals surface area contributed by atoms with Gasteiger partial charge in [0, 0.05) is 18.5 Å². The number of hydrogen-bond donors (Lipinski definition) is 0. The Morgan fingerprint density at radius 1 is 1.12 bits per heavy atom. The molecule has 3 aliphatic rings. The molecule has 6 heteroatoms. The number of nitrogens with zero attached hydrogens (tertiary/aromatic N) is 5. The first-order valence-electron chi connectivity index (χ1n) is 8.85. The van der Waals surface area contributed by atoms with E-state index in [1.165, 1.54) is 30.4 Å². The van der Waals surface area contributed by atoms with Crippen LogP contribution in [0.15, 0.2) is 30.6 Å². The molecule has 1 aliphatic heterocycles. The molecule has 5 rings (SSSR count). The van der Waals surface area contributed by atoms with E-state index in [9.17, 15) is 4.79 Å². The van der Waals surface area contributed by atoms with E-state index in [-0.39, 0.29) is 11.3 Å². The van der Waals surface area contributed by atoms with Crippen LogP contribution in [-0.2, 0) is 22.2 Å². The highest BCUT2D eigenvalue weighted by Crippen LogP contribution is 2.48. The Balaban J connectivity index is 1.43. The van der Waals surface area contributed by atoms with Crippen LogP contribution in [0.25, 0.3) is 0 Å². The molecule has 1 unspecified atom stereocenters. The van der Waals surface area contributed by atoms with Gasteiger partial charge >= 0.3 is 0 Å². The number of likely N-dealkylation sites (tertiary alicyclic amines) is 1. The van der Waals surface area contributed by atoms with Gasteiger partial charge < -0.3 is 4.90 Å². The van der Waals surface area contributed by atoms with E-state index in [1.807, 2.05) is 0 Å². The number of aryl methyl sites for hydroxylation is 1. The van der Waals surface area contributed by atoms with Crippen molar-refractivity contribution in [1.82, 2.24) is 25.1 Å². The lowest BCUT2D eigenvalue weighted by Gasteiger charge is -2.36. The maximum atomic E-state index is 13.2. The number of rotatable bonds is 2. The lowest BCUT2D eigenvalue weighted by Crippen LogP contribution is -2.43. The van der Waals surface area contributed by atoms with Crippen LogP contribution < -0.4 is 0 Å². The topological polar surface area (TPSA) is 63.9 Å². The summed E-state index contributed by atoms with van der Waals surface area (Å²) in [7, 11) is 0. The van der Waals surface area contributed by atoms with Crippen LogP contribution in [0.1, 0.15) is 43.2 Å². The zero-order valence-corrected chi connectivity index (χ0v) is 13.7. The molecule has 2 aromatic rings. The van der Waals surface area contributed by atoms with Gasteiger partial charge in [0.2, 0.25) is 0 Å². The second kappa shape index (κ2) is 4.88. The van der Waals surface area contributed by atoms with Crippen molar-refractivity contribution >= 4 is 5.91 Å². The fourth-order valence-corrected chi connectivity index (χ4v) is 4.79. The average Bonchev–Trinajstić information content (AvgIpc) is 3.05. The van der Waals surface area contributed by atoms with Crippen LogP contribution in [0.3, 0.4) is 0 Å². The van der Waals surface area contributed by atoms with Crippen molar-refractivity contribution in [3.05, 3.63) is 41.7 Å². The van der Waals surface area contributed by atoms with Crippen molar-refractivity contribution in [3.8, 4) is 0 Å². The van der Waals surface area contributed by atoms with Crippen LogP contribution in [0.2, 0.25) is 0 Å². The van der Waals surface area contributed by atoms with E-state index >= 15 is 0 Å². The van der Waals surface area contributed by atoms with Crippen molar-refractivity contribution in [2.75, 3.05) is 13.1 Å². The van der Waals surface area contributed by atoms with Crippen LogP contribution in [-0.4, -0.2) is 44.1 Å². The van der Waals surface area contributed by atoms with Gasteiger partial charge in [0.25, 0.3) is 5.91 Å². The Morgan fingerprint density at radius 3 is 2.79 bits per heavy atom. The van der Waals surface area contributed by atoms with Crippen molar-refractivity contribution in [2.45, 2.75) is 49.5 Å². The number of benzene rings is 1. The number of amides is 1.